The van der Waals surface area contributed by atoms with Gasteiger partial charge in [0.05, 0.1) is 22.2 Å². The van der Waals surface area contributed by atoms with Gasteiger partial charge in [-0.05, 0) is 38.1 Å². The molecule has 4 heterocycles. The van der Waals surface area contributed by atoms with Gasteiger partial charge in [0, 0.05) is 17.3 Å². The lowest BCUT2D eigenvalue weighted by molar-refractivity contribution is -0.116. The van der Waals surface area contributed by atoms with Gasteiger partial charge in [-0.1, -0.05) is 12.1 Å². The summed E-state index contributed by atoms with van der Waals surface area (Å²) in [5, 5.41) is 7.56. The first kappa shape index (κ1) is 18.4. The molecule has 0 atom stereocenters. The van der Waals surface area contributed by atoms with Gasteiger partial charge < -0.3 is 9.88 Å². The van der Waals surface area contributed by atoms with Crippen LogP contribution >= 0.6 is 22.7 Å². The van der Waals surface area contributed by atoms with Crippen LogP contribution in [0, 0.1) is 0 Å². The summed E-state index contributed by atoms with van der Waals surface area (Å²) in [6, 6.07) is 7.82. The fourth-order valence-electron chi connectivity index (χ4n) is 3.66. The minimum Gasteiger partial charge on any atom is -0.313 e. The number of imidazole rings is 1. The van der Waals surface area contributed by atoms with Crippen molar-refractivity contribution in [3.05, 3.63) is 46.2 Å². The van der Waals surface area contributed by atoms with E-state index in [0.29, 0.717) is 11.0 Å². The predicted octanol–water partition coefficient (Wildman–Crippen LogP) is 3.85. The number of carbonyl (C=O) groups excluding carboxylic acids is 1. The van der Waals surface area contributed by atoms with Gasteiger partial charge in [-0.3, -0.25) is 9.69 Å². The minimum absolute atomic E-state index is 0.119. The van der Waals surface area contributed by atoms with Crippen molar-refractivity contribution >= 4 is 44.7 Å². The fourth-order valence-corrected chi connectivity index (χ4v) is 4.91. The van der Waals surface area contributed by atoms with Crippen LogP contribution in [-0.4, -0.2) is 43.4 Å². The van der Waals surface area contributed by atoms with Crippen molar-refractivity contribution in [2.75, 3.05) is 18.4 Å². The molecule has 1 N–H and O–H groups in total. The first-order valence-electron chi connectivity index (χ1n) is 9.57. The molecular formula is C20H20N6OS2. The summed E-state index contributed by atoms with van der Waals surface area (Å²) >= 11 is 2.99. The SMILES string of the molecule is O=C(Cn1c(-c2cscn2)nc2ccccc21)Nc1nc(CN2CCCC2)cs1. The van der Waals surface area contributed by atoms with Gasteiger partial charge in [-0.2, -0.15) is 0 Å². The first-order valence-corrected chi connectivity index (χ1v) is 11.4. The Kier molecular flexibility index (Phi) is 5.09. The highest BCUT2D eigenvalue weighted by atomic mass is 32.1. The molecule has 0 bridgehead atoms. The number of benzene rings is 1. The monoisotopic (exact) mass is 424 g/mol. The van der Waals surface area contributed by atoms with E-state index in [-0.39, 0.29) is 12.5 Å². The molecule has 1 saturated heterocycles. The van der Waals surface area contributed by atoms with Crippen molar-refractivity contribution in [3.8, 4) is 11.5 Å². The molecule has 0 unspecified atom stereocenters. The summed E-state index contributed by atoms with van der Waals surface area (Å²) in [7, 11) is 0. The number of fused-ring (bicyclic) bond motifs is 1. The van der Waals surface area contributed by atoms with Crippen molar-refractivity contribution in [1.29, 1.82) is 0 Å². The molecule has 1 amide bonds. The Morgan fingerprint density at radius 2 is 2.00 bits per heavy atom. The molecule has 0 spiro atoms. The maximum atomic E-state index is 12.8. The molecule has 148 valence electrons. The van der Waals surface area contributed by atoms with Crippen LogP contribution in [0.1, 0.15) is 18.5 Å². The molecule has 0 radical (unpaired) electrons. The van der Waals surface area contributed by atoms with Crippen LogP contribution in [0.5, 0.6) is 0 Å². The summed E-state index contributed by atoms with van der Waals surface area (Å²) in [6.07, 6.45) is 2.52. The molecule has 5 rings (SSSR count). The van der Waals surface area contributed by atoms with E-state index in [9.17, 15) is 4.79 Å². The third-order valence-electron chi connectivity index (χ3n) is 5.00. The first-order chi connectivity index (χ1) is 14.3. The third kappa shape index (κ3) is 3.93. The lowest BCUT2D eigenvalue weighted by atomic mass is 10.3. The number of likely N-dealkylation sites (tertiary alicyclic amines) is 1. The smallest absolute Gasteiger partial charge is 0.246 e. The van der Waals surface area contributed by atoms with Crippen LogP contribution in [0.3, 0.4) is 0 Å². The highest BCUT2D eigenvalue weighted by Crippen LogP contribution is 2.25. The Morgan fingerprint density at radius 3 is 2.83 bits per heavy atom. The number of rotatable bonds is 6. The van der Waals surface area contributed by atoms with E-state index in [1.165, 1.54) is 35.5 Å². The fraction of sp³-hybridized carbons (Fsp3) is 0.300. The molecule has 4 aromatic rings. The Morgan fingerprint density at radius 1 is 1.14 bits per heavy atom. The van der Waals surface area contributed by atoms with Crippen LogP contribution in [0.25, 0.3) is 22.6 Å². The zero-order valence-electron chi connectivity index (χ0n) is 15.7. The lowest BCUT2D eigenvalue weighted by Gasteiger charge is -2.11. The maximum Gasteiger partial charge on any atom is 0.246 e. The number of nitrogens with zero attached hydrogens (tertiary/aromatic N) is 5. The van der Waals surface area contributed by atoms with Crippen LogP contribution in [0.4, 0.5) is 5.13 Å². The Balaban J connectivity index is 1.34. The topological polar surface area (TPSA) is 75.9 Å². The van der Waals surface area contributed by atoms with Crippen molar-refractivity contribution in [2.24, 2.45) is 0 Å². The molecule has 0 saturated carbocycles. The average molecular weight is 425 g/mol. The number of amides is 1. The van der Waals surface area contributed by atoms with Crippen LogP contribution in [-0.2, 0) is 17.9 Å². The zero-order chi connectivity index (χ0) is 19.6. The van der Waals surface area contributed by atoms with Crippen molar-refractivity contribution < 1.29 is 4.79 Å². The normalized spacial score (nSPS) is 14.6. The zero-order valence-corrected chi connectivity index (χ0v) is 17.4. The van der Waals surface area contributed by atoms with Gasteiger partial charge in [0.25, 0.3) is 0 Å². The maximum absolute atomic E-state index is 12.8. The summed E-state index contributed by atoms with van der Waals surface area (Å²) < 4.78 is 1.92. The quantitative estimate of drug-likeness (QED) is 0.509. The number of para-hydroxylation sites is 2. The summed E-state index contributed by atoms with van der Waals surface area (Å²) in [5.74, 6) is 0.586. The van der Waals surface area contributed by atoms with Crippen molar-refractivity contribution in [1.82, 2.24) is 24.4 Å². The summed E-state index contributed by atoms with van der Waals surface area (Å²) in [6.45, 7) is 3.28. The molecule has 1 aliphatic heterocycles. The molecule has 0 aliphatic carbocycles. The van der Waals surface area contributed by atoms with Gasteiger partial charge in [0.1, 0.15) is 12.2 Å². The van der Waals surface area contributed by atoms with E-state index < -0.39 is 0 Å². The molecule has 29 heavy (non-hydrogen) atoms. The average Bonchev–Trinajstić information content (AvgIpc) is 3.50. The second-order valence-electron chi connectivity index (χ2n) is 7.06. The molecule has 7 nitrogen and oxygen atoms in total. The highest BCUT2D eigenvalue weighted by molar-refractivity contribution is 7.13. The van der Waals surface area contributed by atoms with E-state index in [1.807, 2.05) is 39.6 Å². The van der Waals surface area contributed by atoms with Crippen LogP contribution in [0.15, 0.2) is 40.5 Å². The summed E-state index contributed by atoms with van der Waals surface area (Å²) in [5.41, 5.74) is 5.34. The summed E-state index contributed by atoms with van der Waals surface area (Å²) in [4.78, 5) is 28.8. The number of thiazole rings is 2. The van der Waals surface area contributed by atoms with Gasteiger partial charge in [-0.15, -0.1) is 22.7 Å². The van der Waals surface area contributed by atoms with Gasteiger partial charge in [0.2, 0.25) is 5.91 Å². The second-order valence-corrected chi connectivity index (χ2v) is 8.64. The second kappa shape index (κ2) is 8.02. The number of aromatic nitrogens is 4. The molecular weight excluding hydrogens is 404 g/mol. The van der Waals surface area contributed by atoms with Gasteiger partial charge in [0.15, 0.2) is 11.0 Å². The Bertz CT molecular complexity index is 1130. The van der Waals surface area contributed by atoms with E-state index in [0.717, 1.165) is 42.1 Å². The predicted molar refractivity (Wildman–Crippen MR) is 116 cm³/mol. The molecule has 9 heteroatoms. The number of hydrogen-bond donors (Lipinski definition) is 1. The minimum atomic E-state index is -0.119. The van der Waals surface area contributed by atoms with E-state index in [4.69, 9.17) is 0 Å². The Hall–Kier alpha value is -2.62. The standard InChI is InChI=1S/C20H20N6OS2/c27-18(24-20-22-14(11-29-20)9-25-7-3-4-8-25)10-26-17-6-2-1-5-15(17)23-19(26)16-12-28-13-21-16/h1-2,5-6,11-13H,3-4,7-10H2,(H,22,24,27). The molecule has 1 aromatic carbocycles. The largest absolute Gasteiger partial charge is 0.313 e. The van der Waals surface area contributed by atoms with E-state index in [1.54, 1.807) is 5.51 Å². The molecule has 1 aliphatic rings. The molecule has 3 aromatic heterocycles. The third-order valence-corrected chi connectivity index (χ3v) is 6.39. The highest BCUT2D eigenvalue weighted by Gasteiger charge is 2.18. The van der Waals surface area contributed by atoms with E-state index >= 15 is 0 Å². The number of nitrogens with one attached hydrogen (secondary N) is 1. The van der Waals surface area contributed by atoms with Crippen molar-refractivity contribution in [2.45, 2.75) is 25.9 Å². The Labute approximate surface area is 176 Å². The number of carbonyl (C=O) groups is 1. The van der Waals surface area contributed by atoms with Crippen LogP contribution < -0.4 is 5.32 Å². The number of anilines is 1. The van der Waals surface area contributed by atoms with Crippen molar-refractivity contribution in [3.63, 3.8) is 0 Å². The number of hydrogen-bond acceptors (Lipinski definition) is 7. The molecule has 1 fully saturated rings. The van der Waals surface area contributed by atoms with Crippen LogP contribution in [0.2, 0.25) is 0 Å². The van der Waals surface area contributed by atoms with Gasteiger partial charge in [-0.25, -0.2) is 15.0 Å². The van der Waals surface area contributed by atoms with E-state index in [2.05, 4.69) is 25.2 Å². The lowest BCUT2D eigenvalue weighted by Crippen LogP contribution is -2.20. The van der Waals surface area contributed by atoms with Gasteiger partial charge >= 0.3 is 0 Å².